The maximum Gasteiger partial charge on any atom is 0.215 e. The van der Waals surface area contributed by atoms with Gasteiger partial charge in [-0.3, -0.25) is 4.79 Å². The van der Waals surface area contributed by atoms with Crippen LogP contribution < -0.4 is 4.90 Å². The SMILES string of the molecule is CC1(C)C2CCC1(CS(=O)(=O)N1CCN(c3nc(Cc4ccc(F)cc4)ns3)CC1)C(=O)C2. The number of carbonyl (C=O) groups excluding carboxylic acids is 1. The Hall–Kier alpha value is -1.91. The zero-order chi connectivity index (χ0) is 23.4. The van der Waals surface area contributed by atoms with Crippen molar-refractivity contribution in [2.24, 2.45) is 16.7 Å². The highest BCUT2D eigenvalue weighted by atomic mass is 32.2. The molecule has 1 aliphatic heterocycles. The largest absolute Gasteiger partial charge is 0.344 e. The molecular weight excluding hydrogens is 463 g/mol. The highest BCUT2D eigenvalue weighted by molar-refractivity contribution is 7.89. The fourth-order valence-electron chi connectivity index (χ4n) is 5.90. The van der Waals surface area contributed by atoms with Crippen LogP contribution in [0.2, 0.25) is 0 Å². The standard InChI is InChI=1S/C23H29FN4O3S2/c1-22(2)17-7-8-23(22,19(29)14-17)15-33(30,31)28-11-9-27(10-12-28)21-25-20(26-32-21)13-16-3-5-18(24)6-4-16/h3-6,17H,7-15H2,1-2H3. The first-order valence-electron chi connectivity index (χ1n) is 11.4. The second-order valence-electron chi connectivity index (χ2n) is 10.1. The van der Waals surface area contributed by atoms with Crippen LogP contribution in [0, 0.1) is 22.6 Å². The molecule has 2 atom stereocenters. The summed E-state index contributed by atoms with van der Waals surface area (Å²) in [6, 6.07) is 6.30. The van der Waals surface area contributed by atoms with Crippen LogP contribution in [0.5, 0.6) is 0 Å². The number of halogens is 1. The lowest BCUT2D eigenvalue weighted by Crippen LogP contribution is -2.52. The summed E-state index contributed by atoms with van der Waals surface area (Å²) in [6.45, 7) is 5.98. The quantitative estimate of drug-likeness (QED) is 0.616. The van der Waals surface area contributed by atoms with E-state index >= 15 is 0 Å². The topological polar surface area (TPSA) is 83.5 Å². The maximum absolute atomic E-state index is 13.3. The van der Waals surface area contributed by atoms with Crippen molar-refractivity contribution in [3.8, 4) is 0 Å². The molecule has 2 aliphatic carbocycles. The molecule has 2 unspecified atom stereocenters. The molecule has 1 saturated heterocycles. The Labute approximate surface area is 198 Å². The van der Waals surface area contributed by atoms with E-state index in [4.69, 9.17) is 0 Å². The molecule has 2 bridgehead atoms. The van der Waals surface area contributed by atoms with Crippen molar-refractivity contribution >= 4 is 32.5 Å². The molecule has 33 heavy (non-hydrogen) atoms. The summed E-state index contributed by atoms with van der Waals surface area (Å²) in [4.78, 5) is 19.5. The van der Waals surface area contributed by atoms with Gasteiger partial charge in [0.15, 0.2) is 0 Å². The minimum atomic E-state index is -3.54. The van der Waals surface area contributed by atoms with Crippen molar-refractivity contribution in [2.45, 2.75) is 39.5 Å². The summed E-state index contributed by atoms with van der Waals surface area (Å²) in [7, 11) is -3.54. The molecule has 0 N–H and O–H groups in total. The van der Waals surface area contributed by atoms with E-state index < -0.39 is 15.4 Å². The Balaban J connectivity index is 1.22. The predicted molar refractivity (Wildman–Crippen MR) is 125 cm³/mol. The second-order valence-corrected chi connectivity index (χ2v) is 12.8. The number of carbonyl (C=O) groups is 1. The summed E-state index contributed by atoms with van der Waals surface area (Å²) in [6.07, 6.45) is 2.68. The van der Waals surface area contributed by atoms with Gasteiger partial charge in [-0.2, -0.15) is 8.68 Å². The summed E-state index contributed by atoms with van der Waals surface area (Å²) in [5.74, 6) is 0.774. The van der Waals surface area contributed by atoms with Crippen molar-refractivity contribution in [1.82, 2.24) is 13.7 Å². The Morgan fingerprint density at radius 2 is 1.85 bits per heavy atom. The van der Waals surface area contributed by atoms with Gasteiger partial charge in [0.2, 0.25) is 15.2 Å². The Morgan fingerprint density at radius 1 is 1.15 bits per heavy atom. The van der Waals surface area contributed by atoms with Crippen molar-refractivity contribution in [2.75, 3.05) is 36.8 Å². The summed E-state index contributed by atoms with van der Waals surface area (Å²) < 4.78 is 45.7. The van der Waals surface area contributed by atoms with Gasteiger partial charge < -0.3 is 4.90 Å². The van der Waals surface area contributed by atoms with E-state index in [-0.39, 0.29) is 22.8 Å². The normalized spacial score (nSPS) is 27.4. The van der Waals surface area contributed by atoms with Crippen molar-refractivity contribution in [1.29, 1.82) is 0 Å². The first-order valence-corrected chi connectivity index (χ1v) is 13.8. The van der Waals surface area contributed by atoms with Gasteiger partial charge in [0.05, 0.1) is 5.75 Å². The molecule has 178 valence electrons. The summed E-state index contributed by atoms with van der Waals surface area (Å²) >= 11 is 1.30. The van der Waals surface area contributed by atoms with Gasteiger partial charge >= 0.3 is 0 Å². The number of anilines is 1. The van der Waals surface area contributed by atoms with Gasteiger partial charge in [-0.25, -0.2) is 17.8 Å². The molecule has 0 spiro atoms. The number of piperazine rings is 1. The zero-order valence-corrected chi connectivity index (χ0v) is 20.6. The Bertz CT molecular complexity index is 1160. The van der Waals surface area contributed by atoms with Gasteiger partial charge in [-0.1, -0.05) is 26.0 Å². The van der Waals surface area contributed by atoms with E-state index in [0.29, 0.717) is 57.2 Å². The van der Waals surface area contributed by atoms with Gasteiger partial charge in [0.25, 0.3) is 0 Å². The third kappa shape index (κ3) is 3.89. The van der Waals surface area contributed by atoms with E-state index in [9.17, 15) is 17.6 Å². The fourth-order valence-corrected chi connectivity index (χ4v) is 8.84. The van der Waals surface area contributed by atoms with Crippen LogP contribution in [0.15, 0.2) is 24.3 Å². The summed E-state index contributed by atoms with van der Waals surface area (Å²) in [5, 5.41) is 0.772. The van der Waals surface area contributed by atoms with Crippen LogP contribution in [0.4, 0.5) is 9.52 Å². The molecule has 3 fully saturated rings. The number of Topliss-reactive ketones (excluding diaryl/α,β-unsaturated/α-hetero) is 1. The monoisotopic (exact) mass is 492 g/mol. The molecule has 1 aromatic carbocycles. The maximum atomic E-state index is 13.3. The van der Waals surface area contributed by atoms with Crippen LogP contribution in [0.25, 0.3) is 0 Å². The predicted octanol–water partition coefficient (Wildman–Crippen LogP) is 3.12. The van der Waals surface area contributed by atoms with Gasteiger partial charge in [-0.05, 0) is 41.9 Å². The lowest BCUT2D eigenvalue weighted by Gasteiger charge is -2.39. The van der Waals surface area contributed by atoms with E-state index in [2.05, 4.69) is 28.1 Å². The molecular formula is C23H29FN4O3S2. The first kappa shape index (κ1) is 22.9. The molecule has 2 heterocycles. The minimum Gasteiger partial charge on any atom is -0.344 e. The third-order valence-corrected chi connectivity index (χ3v) is 11.0. The van der Waals surface area contributed by atoms with Crippen molar-refractivity contribution in [3.63, 3.8) is 0 Å². The Morgan fingerprint density at radius 3 is 2.45 bits per heavy atom. The van der Waals surface area contributed by atoms with E-state index in [1.165, 1.54) is 23.7 Å². The van der Waals surface area contributed by atoms with E-state index in [1.807, 2.05) is 0 Å². The number of aromatic nitrogens is 2. The third-order valence-electron chi connectivity index (χ3n) is 8.20. The second kappa shape index (κ2) is 8.09. The molecule has 3 aliphatic rings. The number of benzene rings is 1. The highest BCUT2D eigenvalue weighted by Crippen LogP contribution is 2.64. The molecule has 2 saturated carbocycles. The number of sulfonamides is 1. The molecule has 7 nitrogen and oxygen atoms in total. The molecule has 5 rings (SSSR count). The fraction of sp³-hybridized carbons (Fsp3) is 0.609. The minimum absolute atomic E-state index is 0.0665. The van der Waals surface area contributed by atoms with Crippen LogP contribution in [-0.4, -0.2) is 59.8 Å². The molecule has 0 radical (unpaired) electrons. The lowest BCUT2D eigenvalue weighted by atomic mass is 9.70. The average Bonchev–Trinajstić information content (AvgIpc) is 3.38. The zero-order valence-electron chi connectivity index (χ0n) is 19.0. The molecule has 10 heteroatoms. The van der Waals surface area contributed by atoms with Crippen molar-refractivity contribution in [3.05, 3.63) is 41.5 Å². The molecule has 0 amide bonds. The van der Waals surface area contributed by atoms with Crippen molar-refractivity contribution < 1.29 is 17.6 Å². The summed E-state index contributed by atoms with van der Waals surface area (Å²) in [5.41, 5.74) is -0.0521. The highest BCUT2D eigenvalue weighted by Gasteiger charge is 2.65. The molecule has 1 aromatic heterocycles. The number of hydrogen-bond donors (Lipinski definition) is 0. The first-order chi connectivity index (χ1) is 15.6. The van der Waals surface area contributed by atoms with E-state index in [1.54, 1.807) is 16.4 Å². The molecule has 2 aromatic rings. The smallest absolute Gasteiger partial charge is 0.215 e. The Kier molecular flexibility index (Phi) is 5.61. The van der Waals surface area contributed by atoms with E-state index in [0.717, 1.165) is 17.1 Å². The van der Waals surface area contributed by atoms with Crippen LogP contribution in [0.1, 0.15) is 44.5 Å². The van der Waals surface area contributed by atoms with Crippen LogP contribution in [0.3, 0.4) is 0 Å². The average molecular weight is 493 g/mol. The van der Waals surface area contributed by atoms with Gasteiger partial charge in [-0.15, -0.1) is 0 Å². The number of hydrogen-bond acceptors (Lipinski definition) is 7. The van der Waals surface area contributed by atoms with Crippen LogP contribution in [-0.2, 0) is 21.2 Å². The number of nitrogens with zero attached hydrogens (tertiary/aromatic N) is 4. The number of fused-ring (bicyclic) bond motifs is 2. The van der Waals surface area contributed by atoms with Gasteiger partial charge in [0, 0.05) is 56.0 Å². The number of rotatable bonds is 6. The lowest BCUT2D eigenvalue weighted by molar-refractivity contribution is -0.128. The van der Waals surface area contributed by atoms with Crippen LogP contribution >= 0.6 is 11.5 Å². The number of ketones is 1. The van der Waals surface area contributed by atoms with Gasteiger partial charge in [0.1, 0.15) is 17.4 Å².